The number of aryl methyl sites for hydroxylation is 2. The summed E-state index contributed by atoms with van der Waals surface area (Å²) in [4.78, 5) is 0. The van der Waals surface area contributed by atoms with Gasteiger partial charge in [0.15, 0.2) is 0 Å². The smallest absolute Gasteiger partial charge is 0.0300 e. The molecule has 0 spiro atoms. The molecule has 0 saturated heterocycles. The molecule has 17 heavy (non-hydrogen) atoms. The van der Waals surface area contributed by atoms with Crippen molar-refractivity contribution >= 4 is 0 Å². The maximum Gasteiger partial charge on any atom is 0.0300 e. The first-order valence-electron chi connectivity index (χ1n) is 6.43. The largest absolute Gasteiger partial charge is 0.328 e. The third-order valence-electron chi connectivity index (χ3n) is 3.73. The second-order valence-electron chi connectivity index (χ2n) is 5.34. The van der Waals surface area contributed by atoms with E-state index in [1.807, 2.05) is 6.92 Å². The van der Waals surface area contributed by atoms with Crippen molar-refractivity contribution in [2.24, 2.45) is 11.5 Å². The van der Waals surface area contributed by atoms with Crippen molar-refractivity contribution in [3.63, 3.8) is 0 Å². The summed E-state index contributed by atoms with van der Waals surface area (Å²) >= 11 is 0. The van der Waals surface area contributed by atoms with E-state index in [0.717, 1.165) is 12.8 Å². The average molecular weight is 234 g/mol. The van der Waals surface area contributed by atoms with E-state index in [4.69, 9.17) is 11.5 Å². The zero-order chi connectivity index (χ0) is 13.2. The van der Waals surface area contributed by atoms with Crippen molar-refractivity contribution in [1.29, 1.82) is 0 Å². The van der Waals surface area contributed by atoms with E-state index in [1.54, 1.807) is 0 Å². The van der Waals surface area contributed by atoms with Gasteiger partial charge in [-0.05, 0) is 75.3 Å². The van der Waals surface area contributed by atoms with Gasteiger partial charge in [0.1, 0.15) is 0 Å². The highest BCUT2D eigenvalue weighted by Gasteiger charge is 2.15. The minimum Gasteiger partial charge on any atom is -0.328 e. The first-order chi connectivity index (χ1) is 7.84. The van der Waals surface area contributed by atoms with E-state index in [0.29, 0.717) is 0 Å². The van der Waals surface area contributed by atoms with Crippen LogP contribution in [0, 0.1) is 27.7 Å². The Morgan fingerprint density at radius 2 is 1.41 bits per heavy atom. The molecule has 2 atom stereocenters. The van der Waals surface area contributed by atoms with Crippen LogP contribution in [-0.2, 0) is 0 Å². The molecule has 0 amide bonds. The molecule has 1 rings (SSSR count). The van der Waals surface area contributed by atoms with Crippen LogP contribution in [0.4, 0.5) is 0 Å². The highest BCUT2D eigenvalue weighted by Crippen LogP contribution is 2.28. The van der Waals surface area contributed by atoms with Gasteiger partial charge in [0, 0.05) is 12.1 Å². The molecule has 96 valence electrons. The molecule has 0 aliphatic rings. The van der Waals surface area contributed by atoms with E-state index in [2.05, 4.69) is 33.8 Å². The van der Waals surface area contributed by atoms with Crippen molar-refractivity contribution in [2.75, 3.05) is 0 Å². The molecule has 0 fully saturated rings. The topological polar surface area (TPSA) is 52.0 Å². The van der Waals surface area contributed by atoms with Crippen LogP contribution in [0.15, 0.2) is 6.07 Å². The number of nitrogens with two attached hydrogens (primary N) is 2. The molecule has 2 heteroatoms. The molecule has 0 saturated carbocycles. The third kappa shape index (κ3) is 3.30. The maximum atomic E-state index is 6.33. The lowest BCUT2D eigenvalue weighted by atomic mass is 9.88. The lowest BCUT2D eigenvalue weighted by Crippen LogP contribution is -2.20. The second-order valence-corrected chi connectivity index (χ2v) is 5.34. The monoisotopic (exact) mass is 234 g/mol. The molecular formula is C15H26N2. The van der Waals surface area contributed by atoms with Crippen molar-refractivity contribution < 1.29 is 0 Å². The molecule has 1 aromatic carbocycles. The van der Waals surface area contributed by atoms with Gasteiger partial charge in [0.25, 0.3) is 0 Å². The van der Waals surface area contributed by atoms with E-state index < -0.39 is 0 Å². The second kappa shape index (κ2) is 5.65. The number of hydrogen-bond acceptors (Lipinski definition) is 2. The highest BCUT2D eigenvalue weighted by atomic mass is 14.7. The van der Waals surface area contributed by atoms with Crippen molar-refractivity contribution in [3.05, 3.63) is 33.9 Å². The fourth-order valence-electron chi connectivity index (χ4n) is 2.39. The molecule has 0 radical (unpaired) electrons. The molecule has 0 aliphatic heterocycles. The number of benzene rings is 1. The highest BCUT2D eigenvalue weighted by molar-refractivity contribution is 5.45. The molecule has 0 aromatic heterocycles. The fourth-order valence-corrected chi connectivity index (χ4v) is 2.39. The number of rotatable bonds is 4. The zero-order valence-corrected chi connectivity index (χ0v) is 11.8. The summed E-state index contributed by atoms with van der Waals surface area (Å²) in [5.74, 6) is 0. The molecule has 4 N–H and O–H groups in total. The SMILES string of the molecule is Cc1cc(C)c(C)c(C(N)CCC(C)N)c1C. The minimum absolute atomic E-state index is 0.111. The summed E-state index contributed by atoms with van der Waals surface area (Å²) in [6, 6.07) is 2.58. The zero-order valence-electron chi connectivity index (χ0n) is 11.8. The van der Waals surface area contributed by atoms with E-state index in [-0.39, 0.29) is 12.1 Å². The van der Waals surface area contributed by atoms with Crippen LogP contribution in [0.5, 0.6) is 0 Å². The molecule has 0 bridgehead atoms. The molecule has 2 unspecified atom stereocenters. The van der Waals surface area contributed by atoms with Gasteiger partial charge in [-0.15, -0.1) is 0 Å². The predicted molar refractivity (Wildman–Crippen MR) is 75.2 cm³/mol. The molecule has 0 aliphatic carbocycles. The van der Waals surface area contributed by atoms with Gasteiger partial charge in [-0.1, -0.05) is 6.07 Å². The normalized spacial score (nSPS) is 14.8. The molecule has 0 heterocycles. The van der Waals surface area contributed by atoms with E-state index in [1.165, 1.54) is 27.8 Å². The summed E-state index contributed by atoms with van der Waals surface area (Å²) < 4.78 is 0. The first kappa shape index (κ1) is 14.2. The van der Waals surface area contributed by atoms with Crippen molar-refractivity contribution in [3.8, 4) is 0 Å². The molecule has 1 aromatic rings. The van der Waals surface area contributed by atoms with Crippen molar-refractivity contribution in [1.82, 2.24) is 0 Å². The van der Waals surface area contributed by atoms with Gasteiger partial charge in [0.2, 0.25) is 0 Å². The minimum atomic E-state index is 0.111. The van der Waals surface area contributed by atoms with Gasteiger partial charge in [-0.3, -0.25) is 0 Å². The van der Waals surface area contributed by atoms with Gasteiger partial charge in [0.05, 0.1) is 0 Å². The number of hydrogen-bond donors (Lipinski definition) is 2. The standard InChI is InChI=1S/C15H26N2/c1-9-8-10(2)13(5)15(12(9)4)14(17)7-6-11(3)16/h8,11,14H,6-7,16-17H2,1-5H3. The molecule has 2 nitrogen and oxygen atoms in total. The van der Waals surface area contributed by atoms with Crippen LogP contribution >= 0.6 is 0 Å². The van der Waals surface area contributed by atoms with Gasteiger partial charge in [-0.2, -0.15) is 0 Å². The summed E-state index contributed by atoms with van der Waals surface area (Å²) in [6.45, 7) is 10.7. The predicted octanol–water partition coefficient (Wildman–Crippen LogP) is 3.05. The fraction of sp³-hybridized carbons (Fsp3) is 0.600. The Hall–Kier alpha value is -0.860. The van der Waals surface area contributed by atoms with Crippen LogP contribution in [0.1, 0.15) is 53.6 Å². The average Bonchev–Trinajstić information content (AvgIpc) is 2.24. The van der Waals surface area contributed by atoms with E-state index in [9.17, 15) is 0 Å². The van der Waals surface area contributed by atoms with E-state index >= 15 is 0 Å². The Labute approximate surface area is 105 Å². The van der Waals surface area contributed by atoms with Crippen molar-refractivity contribution in [2.45, 2.75) is 59.5 Å². The molecular weight excluding hydrogens is 208 g/mol. The summed E-state index contributed by atoms with van der Waals surface area (Å²) in [5.41, 5.74) is 18.8. The Kier molecular flexibility index (Phi) is 4.72. The lowest BCUT2D eigenvalue weighted by Gasteiger charge is -2.21. The summed E-state index contributed by atoms with van der Waals surface area (Å²) in [7, 11) is 0. The van der Waals surface area contributed by atoms with Crippen LogP contribution in [0.3, 0.4) is 0 Å². The quantitative estimate of drug-likeness (QED) is 0.841. The Balaban J connectivity index is 3.03. The lowest BCUT2D eigenvalue weighted by molar-refractivity contribution is 0.551. The summed E-state index contributed by atoms with van der Waals surface area (Å²) in [6.07, 6.45) is 1.94. The Bertz CT molecular complexity index is 368. The maximum absolute atomic E-state index is 6.33. The Morgan fingerprint density at radius 1 is 0.941 bits per heavy atom. The summed E-state index contributed by atoms with van der Waals surface area (Å²) in [5, 5.41) is 0. The Morgan fingerprint density at radius 3 is 1.82 bits per heavy atom. The van der Waals surface area contributed by atoms with Gasteiger partial charge >= 0.3 is 0 Å². The third-order valence-corrected chi connectivity index (χ3v) is 3.73. The van der Waals surface area contributed by atoms with Crippen LogP contribution in [0.25, 0.3) is 0 Å². The van der Waals surface area contributed by atoms with Crippen LogP contribution < -0.4 is 11.5 Å². The van der Waals surface area contributed by atoms with Crippen LogP contribution in [0.2, 0.25) is 0 Å². The first-order valence-corrected chi connectivity index (χ1v) is 6.43. The van der Waals surface area contributed by atoms with Gasteiger partial charge in [-0.25, -0.2) is 0 Å². The van der Waals surface area contributed by atoms with Gasteiger partial charge < -0.3 is 11.5 Å². The van der Waals surface area contributed by atoms with Crippen LogP contribution in [-0.4, -0.2) is 6.04 Å².